The van der Waals surface area contributed by atoms with Gasteiger partial charge in [-0.25, -0.2) is 4.39 Å². The second-order valence-corrected chi connectivity index (χ2v) is 8.92. The Bertz CT molecular complexity index is 530. The second-order valence-electron chi connectivity index (χ2n) is 8.92. The van der Waals surface area contributed by atoms with Gasteiger partial charge in [0.15, 0.2) is 0 Å². The maximum Gasteiger partial charge on any atom is 0.139 e. The Kier molecular flexibility index (Phi) is 3.13. The molecule has 0 amide bonds. The number of halogens is 1. The van der Waals surface area contributed by atoms with Crippen LogP contribution in [0.5, 0.6) is 0 Å². The first kappa shape index (κ1) is 14.8. The van der Waals surface area contributed by atoms with Gasteiger partial charge in [0, 0.05) is 24.2 Å². The number of alkyl halides is 1. The van der Waals surface area contributed by atoms with Gasteiger partial charge < -0.3 is 0 Å². The van der Waals surface area contributed by atoms with Gasteiger partial charge in [-0.15, -0.1) is 0 Å². The Hall–Kier alpha value is -0.730. The van der Waals surface area contributed by atoms with Crippen molar-refractivity contribution in [3.05, 3.63) is 0 Å². The summed E-state index contributed by atoms with van der Waals surface area (Å²) in [6.45, 7) is 4.28. The number of hydrogen-bond donors (Lipinski definition) is 0. The molecule has 0 saturated heterocycles. The van der Waals surface area contributed by atoms with Crippen molar-refractivity contribution in [2.24, 2.45) is 34.5 Å². The van der Waals surface area contributed by atoms with Crippen LogP contribution in [0.1, 0.15) is 65.2 Å². The van der Waals surface area contributed by atoms with Gasteiger partial charge >= 0.3 is 0 Å². The molecule has 0 N–H and O–H groups in total. The predicted octanol–water partition coefficient (Wildman–Crippen LogP) is 4.12. The number of carbonyl (C=O) groups is 2. The fourth-order valence-electron chi connectivity index (χ4n) is 6.80. The Morgan fingerprint density at radius 1 is 1.09 bits per heavy atom. The van der Waals surface area contributed by atoms with E-state index < -0.39 is 11.6 Å². The van der Waals surface area contributed by atoms with Gasteiger partial charge in [0.1, 0.15) is 17.7 Å². The lowest BCUT2D eigenvalue weighted by molar-refractivity contribution is -0.161. The number of Topliss-reactive ketones (excluding diaryl/α,β-unsaturated/α-hetero) is 2. The van der Waals surface area contributed by atoms with E-state index >= 15 is 0 Å². The molecule has 0 aromatic carbocycles. The van der Waals surface area contributed by atoms with Crippen molar-refractivity contribution in [1.82, 2.24) is 0 Å². The maximum atomic E-state index is 13.8. The average molecular weight is 306 g/mol. The van der Waals surface area contributed by atoms with Crippen LogP contribution in [0.15, 0.2) is 0 Å². The fraction of sp³-hybridized carbons (Fsp3) is 0.895. The van der Waals surface area contributed by atoms with Gasteiger partial charge in [0.05, 0.1) is 0 Å². The van der Waals surface area contributed by atoms with Crippen molar-refractivity contribution in [2.45, 2.75) is 71.4 Å². The van der Waals surface area contributed by atoms with E-state index in [0.29, 0.717) is 55.0 Å². The summed E-state index contributed by atoms with van der Waals surface area (Å²) in [5, 5.41) is 0. The first-order chi connectivity index (χ1) is 10.4. The summed E-state index contributed by atoms with van der Waals surface area (Å²) in [6, 6.07) is 0. The summed E-state index contributed by atoms with van der Waals surface area (Å²) in [7, 11) is 0. The van der Waals surface area contributed by atoms with Crippen molar-refractivity contribution in [1.29, 1.82) is 0 Å². The van der Waals surface area contributed by atoms with Gasteiger partial charge in [0.25, 0.3) is 0 Å². The Balaban J connectivity index is 1.71. The molecule has 4 fully saturated rings. The van der Waals surface area contributed by atoms with Crippen LogP contribution in [0, 0.1) is 34.5 Å². The van der Waals surface area contributed by atoms with Crippen LogP contribution in [-0.2, 0) is 9.59 Å². The van der Waals surface area contributed by atoms with Crippen molar-refractivity contribution in [2.75, 3.05) is 0 Å². The van der Waals surface area contributed by atoms with Gasteiger partial charge in [0.2, 0.25) is 0 Å². The number of carbonyl (C=O) groups excluding carboxylic acids is 2. The lowest BCUT2D eigenvalue weighted by Crippen LogP contribution is -2.57. The largest absolute Gasteiger partial charge is 0.299 e. The minimum Gasteiger partial charge on any atom is -0.299 e. The normalized spacial score (nSPS) is 54.6. The van der Waals surface area contributed by atoms with Crippen LogP contribution in [0.4, 0.5) is 4.39 Å². The smallest absolute Gasteiger partial charge is 0.139 e. The molecule has 0 heterocycles. The zero-order valence-electron chi connectivity index (χ0n) is 13.7. The van der Waals surface area contributed by atoms with Crippen LogP contribution < -0.4 is 0 Å². The first-order valence-electron chi connectivity index (χ1n) is 9.06. The highest BCUT2D eigenvalue weighted by molar-refractivity contribution is 5.95. The SMILES string of the molecule is C[C@]12CC[C@H](F)C[C@@H]1CC[C@@H]1[C@@H]2C(=O)C[C@]2(C)C(=O)CC[C@@H]12. The molecule has 122 valence electrons. The third-order valence-corrected chi connectivity index (χ3v) is 8.00. The van der Waals surface area contributed by atoms with Gasteiger partial charge in [-0.05, 0) is 61.7 Å². The van der Waals surface area contributed by atoms with Crippen LogP contribution >= 0.6 is 0 Å². The van der Waals surface area contributed by atoms with Gasteiger partial charge in [-0.1, -0.05) is 13.8 Å². The molecular formula is C19H27FO2. The molecule has 4 aliphatic carbocycles. The molecule has 0 spiro atoms. The van der Waals surface area contributed by atoms with E-state index in [2.05, 4.69) is 6.92 Å². The molecular weight excluding hydrogens is 279 g/mol. The van der Waals surface area contributed by atoms with E-state index in [-0.39, 0.29) is 11.3 Å². The molecule has 22 heavy (non-hydrogen) atoms. The maximum absolute atomic E-state index is 13.8. The van der Waals surface area contributed by atoms with Gasteiger partial charge in [-0.3, -0.25) is 9.59 Å². The molecule has 3 heteroatoms. The molecule has 0 radical (unpaired) electrons. The van der Waals surface area contributed by atoms with E-state index in [1.807, 2.05) is 6.92 Å². The molecule has 0 aromatic rings. The van der Waals surface area contributed by atoms with Crippen molar-refractivity contribution in [3.63, 3.8) is 0 Å². The molecule has 0 bridgehead atoms. The molecule has 7 atom stereocenters. The average Bonchev–Trinajstić information content (AvgIpc) is 2.75. The van der Waals surface area contributed by atoms with Crippen molar-refractivity contribution in [3.8, 4) is 0 Å². The van der Waals surface area contributed by atoms with E-state index in [9.17, 15) is 14.0 Å². The Morgan fingerprint density at radius 3 is 2.64 bits per heavy atom. The van der Waals surface area contributed by atoms with Gasteiger partial charge in [-0.2, -0.15) is 0 Å². The Morgan fingerprint density at radius 2 is 1.86 bits per heavy atom. The standard InChI is InChI=1S/C19H27FO2/c1-18-8-7-12(20)9-11(18)3-4-13-14-5-6-16(22)19(14,2)10-15(21)17(13)18/h11-14,17H,3-10H2,1-2H3/t11-,12-,13-,14-,17+,18-,19-/m0/s1. The molecule has 2 nitrogen and oxygen atoms in total. The molecule has 4 saturated carbocycles. The summed E-state index contributed by atoms with van der Waals surface area (Å²) in [4.78, 5) is 25.4. The van der Waals surface area contributed by atoms with E-state index in [1.54, 1.807) is 0 Å². The van der Waals surface area contributed by atoms with Crippen LogP contribution in [0.3, 0.4) is 0 Å². The number of fused-ring (bicyclic) bond motifs is 5. The summed E-state index contributed by atoms with van der Waals surface area (Å²) < 4.78 is 13.8. The summed E-state index contributed by atoms with van der Waals surface area (Å²) in [6.07, 6.45) is 5.58. The molecule has 0 aliphatic heterocycles. The fourth-order valence-corrected chi connectivity index (χ4v) is 6.80. The molecule has 4 rings (SSSR count). The minimum atomic E-state index is -0.674. The summed E-state index contributed by atoms with van der Waals surface area (Å²) >= 11 is 0. The van der Waals surface area contributed by atoms with Crippen molar-refractivity contribution >= 4 is 11.6 Å². The highest BCUT2D eigenvalue weighted by atomic mass is 19.1. The quantitative estimate of drug-likeness (QED) is 0.675. The third kappa shape index (κ3) is 1.77. The molecule has 0 aromatic heterocycles. The topological polar surface area (TPSA) is 34.1 Å². The van der Waals surface area contributed by atoms with Crippen molar-refractivity contribution < 1.29 is 14.0 Å². The lowest BCUT2D eigenvalue weighted by Gasteiger charge is -2.58. The minimum absolute atomic E-state index is 0.0183. The lowest BCUT2D eigenvalue weighted by atomic mass is 9.45. The number of rotatable bonds is 0. The van der Waals surface area contributed by atoms with Crippen LogP contribution in [0.25, 0.3) is 0 Å². The third-order valence-electron chi connectivity index (χ3n) is 8.00. The monoisotopic (exact) mass is 306 g/mol. The zero-order valence-corrected chi connectivity index (χ0v) is 13.7. The summed E-state index contributed by atoms with van der Waals surface area (Å²) in [5.74, 6) is 1.83. The molecule has 4 aliphatic rings. The van der Waals surface area contributed by atoms with E-state index in [4.69, 9.17) is 0 Å². The number of hydrogen-bond acceptors (Lipinski definition) is 2. The highest BCUT2D eigenvalue weighted by Crippen LogP contribution is 2.64. The summed E-state index contributed by atoms with van der Waals surface area (Å²) in [5.41, 5.74) is -0.408. The highest BCUT2D eigenvalue weighted by Gasteiger charge is 2.63. The zero-order chi connectivity index (χ0) is 15.7. The molecule has 0 unspecified atom stereocenters. The van der Waals surface area contributed by atoms with E-state index in [1.165, 1.54) is 0 Å². The van der Waals surface area contributed by atoms with E-state index in [0.717, 1.165) is 25.7 Å². The first-order valence-corrected chi connectivity index (χ1v) is 9.06. The predicted molar refractivity (Wildman–Crippen MR) is 82.0 cm³/mol. The second kappa shape index (κ2) is 4.64. The van der Waals surface area contributed by atoms with Crippen LogP contribution in [-0.4, -0.2) is 17.7 Å². The number of ketones is 2. The van der Waals surface area contributed by atoms with Crippen LogP contribution in [0.2, 0.25) is 0 Å². The Labute approximate surface area is 132 Å².